The van der Waals surface area contributed by atoms with Gasteiger partial charge in [0, 0.05) is 23.6 Å². The van der Waals surface area contributed by atoms with Crippen LogP contribution in [0.3, 0.4) is 0 Å². The Bertz CT molecular complexity index is 950. The lowest BCUT2D eigenvalue weighted by Crippen LogP contribution is -2.62. The largest absolute Gasteiger partial charge is 0.508 e. The number of aromatic hydroxyl groups is 1. The third-order valence-corrected chi connectivity index (χ3v) is 6.80. The fourth-order valence-corrected chi connectivity index (χ4v) is 5.39. The van der Waals surface area contributed by atoms with Crippen molar-refractivity contribution < 1.29 is 29.6 Å². The number of phenolic OH excluding ortho intramolecular Hbond substituents is 1. The number of carbonyl (C=O) groups is 2. The van der Waals surface area contributed by atoms with Crippen LogP contribution >= 0.6 is 0 Å². The van der Waals surface area contributed by atoms with E-state index in [2.05, 4.69) is 35.2 Å². The summed E-state index contributed by atoms with van der Waals surface area (Å²) in [4.78, 5) is 20.9. The third kappa shape index (κ3) is 4.10. The summed E-state index contributed by atoms with van der Waals surface area (Å²) in [5, 5.41) is 24.8. The molecule has 0 spiro atoms. The number of likely N-dealkylation sites (tertiary alicyclic amines) is 1. The Kier molecular flexibility index (Phi) is 5.87. The number of hydrogen-bond donors (Lipinski definition) is 3. The van der Waals surface area contributed by atoms with Gasteiger partial charge in [0.2, 0.25) is 0 Å². The molecule has 0 unspecified atom stereocenters. The molecule has 2 aromatic carbocycles. The summed E-state index contributed by atoms with van der Waals surface area (Å²) >= 11 is 0. The quantitative estimate of drug-likeness (QED) is 0.649. The molecule has 3 atom stereocenters. The van der Waals surface area contributed by atoms with Gasteiger partial charge in [-0.05, 0) is 56.0 Å². The molecular weight excluding hydrogens is 398 g/mol. The van der Waals surface area contributed by atoms with Crippen LogP contribution in [0, 0.1) is 0 Å². The number of carboxylic acids is 2. The zero-order valence-electron chi connectivity index (χ0n) is 17.2. The average Bonchev–Trinajstić information content (AvgIpc) is 3.09. The fraction of sp³-hybridized carbons (Fsp3) is 0.417. The highest BCUT2D eigenvalue weighted by Crippen LogP contribution is 2.56. The summed E-state index contributed by atoms with van der Waals surface area (Å²) in [7, 11) is 0. The number of nitrogens with zero attached hydrogens (tertiary/aromatic N) is 1. The standard InChI is InChI=1S/C22H25NO2.C2H2O4/c24-17-8-9-20-18(15-17)22-11-4-7-19(21(22)25-20)23(14-12-22)13-10-16-5-2-1-3-6-16;3-1(4)2(5)6/h1-3,5-6,8-9,15,19,21,24H,4,7,10-14H2;(H,3,4)(H,5,6)/t19-,21+,22-;/m0./s1. The minimum Gasteiger partial charge on any atom is -0.508 e. The highest BCUT2D eigenvalue weighted by Gasteiger charge is 2.57. The Labute approximate surface area is 180 Å². The van der Waals surface area contributed by atoms with E-state index < -0.39 is 11.9 Å². The maximum Gasteiger partial charge on any atom is 0.414 e. The van der Waals surface area contributed by atoms with Crippen molar-refractivity contribution in [3.8, 4) is 11.5 Å². The predicted molar refractivity (Wildman–Crippen MR) is 113 cm³/mol. The second kappa shape index (κ2) is 8.59. The molecule has 2 bridgehead atoms. The Hall–Kier alpha value is -3.06. The summed E-state index contributed by atoms with van der Waals surface area (Å²) in [6.07, 6.45) is 6.16. The highest BCUT2D eigenvalue weighted by atomic mass is 16.5. The first kappa shape index (κ1) is 21.2. The van der Waals surface area contributed by atoms with Crippen molar-refractivity contribution in [2.24, 2.45) is 0 Å². The molecule has 1 aliphatic carbocycles. The average molecular weight is 425 g/mol. The molecule has 0 amide bonds. The van der Waals surface area contributed by atoms with Crippen LogP contribution in [0.1, 0.15) is 36.8 Å². The van der Waals surface area contributed by atoms with E-state index >= 15 is 0 Å². The van der Waals surface area contributed by atoms with Crippen LogP contribution in [-0.4, -0.2) is 57.4 Å². The SMILES string of the molecule is O=C(O)C(=O)O.Oc1ccc2c(c1)[C@@]13CCC[C@@H]([C@H]1O2)N(CCc1ccccc1)CC3. The number of fused-ring (bicyclic) bond motifs is 1. The van der Waals surface area contributed by atoms with Crippen LogP contribution in [0.2, 0.25) is 0 Å². The van der Waals surface area contributed by atoms with Gasteiger partial charge in [-0.2, -0.15) is 0 Å². The van der Waals surface area contributed by atoms with E-state index in [4.69, 9.17) is 24.5 Å². The zero-order valence-corrected chi connectivity index (χ0v) is 17.2. The molecule has 0 radical (unpaired) electrons. The van der Waals surface area contributed by atoms with Gasteiger partial charge in [-0.15, -0.1) is 0 Å². The summed E-state index contributed by atoms with van der Waals surface area (Å²) in [6.45, 7) is 2.23. The number of hydrogen-bond acceptors (Lipinski definition) is 5. The summed E-state index contributed by atoms with van der Waals surface area (Å²) < 4.78 is 6.45. The van der Waals surface area contributed by atoms with Crippen LogP contribution in [0.5, 0.6) is 11.5 Å². The summed E-state index contributed by atoms with van der Waals surface area (Å²) in [6, 6.07) is 16.9. The van der Waals surface area contributed by atoms with E-state index in [-0.39, 0.29) is 11.5 Å². The lowest BCUT2D eigenvalue weighted by Gasteiger charge is -2.52. The van der Waals surface area contributed by atoms with Gasteiger partial charge < -0.3 is 20.1 Å². The predicted octanol–water partition coefficient (Wildman–Crippen LogP) is 3.05. The van der Waals surface area contributed by atoms with Gasteiger partial charge >= 0.3 is 11.9 Å². The van der Waals surface area contributed by atoms with Gasteiger partial charge in [-0.25, -0.2) is 9.59 Å². The molecule has 1 saturated carbocycles. The van der Waals surface area contributed by atoms with Crippen molar-refractivity contribution >= 4 is 11.9 Å². The molecule has 3 N–H and O–H groups in total. The van der Waals surface area contributed by atoms with Gasteiger partial charge in [0.05, 0.1) is 0 Å². The molecule has 7 heteroatoms. The normalized spacial score (nSPS) is 25.9. The smallest absolute Gasteiger partial charge is 0.414 e. The Balaban J connectivity index is 0.000000342. The highest BCUT2D eigenvalue weighted by molar-refractivity contribution is 6.27. The minimum atomic E-state index is -1.82. The van der Waals surface area contributed by atoms with Crippen molar-refractivity contribution in [1.82, 2.24) is 4.90 Å². The topological polar surface area (TPSA) is 107 Å². The van der Waals surface area contributed by atoms with Crippen molar-refractivity contribution in [2.45, 2.75) is 49.7 Å². The molecule has 3 aliphatic rings. The lowest BCUT2D eigenvalue weighted by molar-refractivity contribution is -0.159. The van der Waals surface area contributed by atoms with Crippen molar-refractivity contribution in [3.05, 3.63) is 59.7 Å². The third-order valence-electron chi connectivity index (χ3n) is 6.80. The van der Waals surface area contributed by atoms with E-state index in [0.717, 1.165) is 31.7 Å². The van der Waals surface area contributed by atoms with Crippen molar-refractivity contribution in [3.63, 3.8) is 0 Å². The molecule has 2 aromatic rings. The van der Waals surface area contributed by atoms with E-state index in [1.54, 1.807) is 6.07 Å². The minimum absolute atomic E-state index is 0.125. The monoisotopic (exact) mass is 425 g/mol. The first-order valence-corrected chi connectivity index (χ1v) is 10.6. The van der Waals surface area contributed by atoms with E-state index in [1.807, 2.05) is 12.1 Å². The molecule has 2 fully saturated rings. The van der Waals surface area contributed by atoms with E-state index in [0.29, 0.717) is 11.8 Å². The first-order chi connectivity index (χ1) is 14.9. The van der Waals surface area contributed by atoms with Gasteiger partial charge in [-0.1, -0.05) is 36.8 Å². The second-order valence-electron chi connectivity index (χ2n) is 8.47. The molecule has 5 rings (SSSR count). The maximum atomic E-state index is 9.98. The van der Waals surface area contributed by atoms with E-state index in [1.165, 1.54) is 30.4 Å². The molecule has 31 heavy (non-hydrogen) atoms. The number of aliphatic carboxylic acids is 2. The number of phenols is 1. The fourth-order valence-electron chi connectivity index (χ4n) is 5.39. The molecule has 1 saturated heterocycles. The molecule has 0 aromatic heterocycles. The van der Waals surface area contributed by atoms with E-state index in [9.17, 15) is 5.11 Å². The molecule has 164 valence electrons. The van der Waals surface area contributed by atoms with Crippen LogP contribution in [-0.2, 0) is 21.4 Å². The molecule has 2 aliphatic heterocycles. The molecular formula is C24H27NO6. The van der Waals surface area contributed by atoms with Gasteiger partial charge in [0.1, 0.15) is 17.6 Å². The van der Waals surface area contributed by atoms with Crippen LogP contribution in [0.4, 0.5) is 0 Å². The second-order valence-corrected chi connectivity index (χ2v) is 8.47. The van der Waals surface area contributed by atoms with Gasteiger partial charge in [0.15, 0.2) is 0 Å². The first-order valence-electron chi connectivity index (χ1n) is 10.6. The summed E-state index contributed by atoms with van der Waals surface area (Å²) in [5.74, 6) is -2.28. The summed E-state index contributed by atoms with van der Waals surface area (Å²) in [5.41, 5.74) is 2.79. The Morgan fingerprint density at radius 3 is 2.52 bits per heavy atom. The van der Waals surface area contributed by atoms with Crippen LogP contribution in [0.25, 0.3) is 0 Å². The lowest BCUT2D eigenvalue weighted by atomic mass is 9.62. The zero-order chi connectivity index (χ0) is 22.0. The Morgan fingerprint density at radius 1 is 1.06 bits per heavy atom. The van der Waals surface area contributed by atoms with Crippen LogP contribution in [0.15, 0.2) is 48.5 Å². The van der Waals surface area contributed by atoms with Crippen molar-refractivity contribution in [2.75, 3.05) is 13.1 Å². The number of ether oxygens (including phenoxy) is 1. The van der Waals surface area contributed by atoms with Gasteiger partial charge in [0.25, 0.3) is 0 Å². The number of rotatable bonds is 3. The number of piperidine rings is 1. The number of benzene rings is 2. The Morgan fingerprint density at radius 2 is 1.81 bits per heavy atom. The maximum absolute atomic E-state index is 9.98. The molecule has 2 heterocycles. The molecule has 7 nitrogen and oxygen atoms in total. The van der Waals surface area contributed by atoms with Gasteiger partial charge in [-0.3, -0.25) is 4.90 Å². The van der Waals surface area contributed by atoms with Crippen LogP contribution < -0.4 is 4.74 Å². The number of carboxylic acid groups (broad SMARTS) is 2. The van der Waals surface area contributed by atoms with Crippen molar-refractivity contribution in [1.29, 1.82) is 0 Å².